The Kier molecular flexibility index (Phi) is 5.81. The number of amides is 1. The molecule has 0 aliphatic heterocycles. The lowest BCUT2D eigenvalue weighted by atomic mass is 10.1. The predicted octanol–water partition coefficient (Wildman–Crippen LogP) is 4.51. The van der Waals surface area contributed by atoms with Crippen LogP contribution in [0.2, 0.25) is 0 Å². The summed E-state index contributed by atoms with van der Waals surface area (Å²) in [6.45, 7) is 0. The Balaban J connectivity index is 1.52. The zero-order chi connectivity index (χ0) is 22.5. The number of carbonyl (C=O) groups excluding carboxylic acids is 1. The molecule has 0 aliphatic rings. The van der Waals surface area contributed by atoms with Crippen LogP contribution < -0.4 is 20.1 Å². The topological polar surface area (TPSA) is 109 Å². The first-order valence-electron chi connectivity index (χ1n) is 9.67. The minimum absolute atomic E-state index is 0.269. The number of aromatic nitrogens is 2. The number of nitriles is 1. The number of hydrogen-bond donors (Lipinski definition) is 2. The number of anilines is 3. The third kappa shape index (κ3) is 4.42. The number of fused-ring (bicyclic) bond motifs is 1. The molecular formula is C24H19N5O3. The lowest BCUT2D eigenvalue weighted by molar-refractivity contribution is 0.102. The maximum atomic E-state index is 12.5. The second-order valence-electron chi connectivity index (χ2n) is 6.81. The molecule has 0 bridgehead atoms. The normalized spacial score (nSPS) is 10.3. The van der Waals surface area contributed by atoms with E-state index in [1.165, 1.54) is 0 Å². The fourth-order valence-corrected chi connectivity index (χ4v) is 3.12. The van der Waals surface area contributed by atoms with E-state index in [0.29, 0.717) is 45.5 Å². The largest absolute Gasteiger partial charge is 0.493 e. The van der Waals surface area contributed by atoms with Crippen molar-refractivity contribution in [3.63, 3.8) is 0 Å². The summed E-state index contributed by atoms with van der Waals surface area (Å²) in [4.78, 5) is 21.4. The fourth-order valence-electron chi connectivity index (χ4n) is 3.12. The summed E-state index contributed by atoms with van der Waals surface area (Å²) in [6.07, 6.45) is 1.70. The molecule has 1 aromatic heterocycles. The lowest BCUT2D eigenvalue weighted by Crippen LogP contribution is -2.11. The maximum Gasteiger partial charge on any atom is 0.255 e. The van der Waals surface area contributed by atoms with E-state index < -0.39 is 0 Å². The molecule has 8 nitrogen and oxygen atoms in total. The number of hydrogen-bond acceptors (Lipinski definition) is 7. The number of methoxy groups -OCH3 is 2. The molecule has 0 radical (unpaired) electrons. The van der Waals surface area contributed by atoms with Crippen LogP contribution in [0.1, 0.15) is 15.9 Å². The number of ether oxygens (including phenoxy) is 2. The minimum atomic E-state index is -0.269. The van der Waals surface area contributed by atoms with E-state index in [2.05, 4.69) is 20.6 Å². The van der Waals surface area contributed by atoms with Gasteiger partial charge in [-0.3, -0.25) is 4.79 Å². The van der Waals surface area contributed by atoms with Crippen LogP contribution in [0.15, 0.2) is 66.9 Å². The van der Waals surface area contributed by atoms with Crippen LogP contribution in [0.25, 0.3) is 10.9 Å². The van der Waals surface area contributed by atoms with Gasteiger partial charge in [-0.05, 0) is 48.5 Å². The molecule has 0 unspecified atom stereocenters. The third-order valence-electron chi connectivity index (χ3n) is 4.74. The Morgan fingerprint density at radius 3 is 2.41 bits per heavy atom. The molecule has 0 fully saturated rings. The number of benzene rings is 3. The smallest absolute Gasteiger partial charge is 0.255 e. The van der Waals surface area contributed by atoms with E-state index in [1.807, 2.05) is 24.3 Å². The zero-order valence-corrected chi connectivity index (χ0v) is 17.4. The molecule has 3 aromatic carbocycles. The van der Waals surface area contributed by atoms with Crippen LogP contribution >= 0.6 is 0 Å². The van der Waals surface area contributed by atoms with Crippen LogP contribution in [0, 0.1) is 11.3 Å². The summed E-state index contributed by atoms with van der Waals surface area (Å²) >= 11 is 0. The average Bonchev–Trinajstić information content (AvgIpc) is 2.83. The fraction of sp³-hybridized carbons (Fsp3) is 0.0833. The molecule has 1 heterocycles. The van der Waals surface area contributed by atoms with Crippen molar-refractivity contribution >= 4 is 34.1 Å². The lowest BCUT2D eigenvalue weighted by Gasteiger charge is -2.11. The Hall–Kier alpha value is -4.64. The van der Waals surface area contributed by atoms with E-state index in [1.54, 1.807) is 62.9 Å². The first-order chi connectivity index (χ1) is 15.6. The third-order valence-corrected chi connectivity index (χ3v) is 4.74. The molecule has 1 amide bonds. The molecule has 0 saturated heterocycles. The van der Waals surface area contributed by atoms with E-state index in [9.17, 15) is 4.79 Å². The number of carbonyl (C=O) groups is 1. The van der Waals surface area contributed by atoms with Crippen molar-refractivity contribution in [2.75, 3.05) is 24.9 Å². The van der Waals surface area contributed by atoms with Gasteiger partial charge in [0.25, 0.3) is 5.91 Å². The van der Waals surface area contributed by atoms with Crippen molar-refractivity contribution in [2.24, 2.45) is 0 Å². The summed E-state index contributed by atoms with van der Waals surface area (Å²) in [6, 6.07) is 19.3. The second kappa shape index (κ2) is 9.02. The average molecular weight is 425 g/mol. The van der Waals surface area contributed by atoms with Gasteiger partial charge in [0, 0.05) is 34.6 Å². The Morgan fingerprint density at radius 1 is 0.969 bits per heavy atom. The van der Waals surface area contributed by atoms with Crippen LogP contribution in [-0.4, -0.2) is 30.1 Å². The highest BCUT2D eigenvalue weighted by Gasteiger charge is 2.10. The second-order valence-corrected chi connectivity index (χ2v) is 6.81. The molecule has 4 aromatic rings. The van der Waals surface area contributed by atoms with Gasteiger partial charge in [0.05, 0.1) is 31.4 Å². The van der Waals surface area contributed by atoms with Crippen LogP contribution in [-0.2, 0) is 0 Å². The zero-order valence-electron chi connectivity index (χ0n) is 17.4. The van der Waals surface area contributed by atoms with Crippen molar-refractivity contribution in [2.45, 2.75) is 0 Å². The first kappa shape index (κ1) is 20.6. The summed E-state index contributed by atoms with van der Waals surface area (Å²) in [7, 11) is 3.15. The van der Waals surface area contributed by atoms with Crippen molar-refractivity contribution in [1.82, 2.24) is 9.97 Å². The SMILES string of the molecule is COc1cc2cnc(Nc3cccc(NC(=O)c4ccc(C#N)cc4)c3)nc2cc1OC. The molecular weight excluding hydrogens is 406 g/mol. The van der Waals surface area contributed by atoms with Crippen molar-refractivity contribution in [3.05, 3.63) is 78.0 Å². The van der Waals surface area contributed by atoms with Gasteiger partial charge in [-0.15, -0.1) is 0 Å². The van der Waals surface area contributed by atoms with Gasteiger partial charge >= 0.3 is 0 Å². The molecule has 0 aliphatic carbocycles. The van der Waals surface area contributed by atoms with E-state index in [-0.39, 0.29) is 5.91 Å². The van der Waals surface area contributed by atoms with Crippen LogP contribution in [0.3, 0.4) is 0 Å². The van der Waals surface area contributed by atoms with Gasteiger partial charge in [-0.2, -0.15) is 5.26 Å². The van der Waals surface area contributed by atoms with E-state index in [4.69, 9.17) is 14.7 Å². The van der Waals surface area contributed by atoms with Crippen LogP contribution in [0.5, 0.6) is 11.5 Å². The quantitative estimate of drug-likeness (QED) is 0.468. The number of nitrogens with zero attached hydrogens (tertiary/aromatic N) is 3. The molecule has 0 atom stereocenters. The summed E-state index contributed by atoms with van der Waals surface area (Å²) in [5.41, 5.74) is 2.98. The highest BCUT2D eigenvalue weighted by atomic mass is 16.5. The first-order valence-corrected chi connectivity index (χ1v) is 9.67. The van der Waals surface area contributed by atoms with Gasteiger partial charge in [0.1, 0.15) is 0 Å². The van der Waals surface area contributed by atoms with Gasteiger partial charge in [-0.25, -0.2) is 9.97 Å². The predicted molar refractivity (Wildman–Crippen MR) is 121 cm³/mol. The number of rotatable bonds is 6. The van der Waals surface area contributed by atoms with Gasteiger partial charge in [-0.1, -0.05) is 6.07 Å². The molecule has 0 saturated carbocycles. The standard InChI is InChI=1S/C24H19N5O3/c1-31-21-10-17-14-26-24(29-20(17)12-22(21)32-2)28-19-5-3-4-18(11-19)27-23(30)16-8-6-15(13-25)7-9-16/h3-12,14H,1-2H3,(H,27,30)(H,26,28,29). The Bertz CT molecular complexity index is 1330. The van der Waals surface area contributed by atoms with Gasteiger partial charge < -0.3 is 20.1 Å². The molecule has 0 spiro atoms. The molecule has 2 N–H and O–H groups in total. The number of nitrogens with one attached hydrogen (secondary N) is 2. The van der Waals surface area contributed by atoms with E-state index in [0.717, 1.165) is 5.39 Å². The van der Waals surface area contributed by atoms with Crippen molar-refractivity contribution < 1.29 is 14.3 Å². The minimum Gasteiger partial charge on any atom is -0.493 e. The maximum absolute atomic E-state index is 12.5. The van der Waals surface area contributed by atoms with Crippen molar-refractivity contribution in [3.8, 4) is 17.6 Å². The summed E-state index contributed by atoms with van der Waals surface area (Å²) < 4.78 is 10.7. The summed E-state index contributed by atoms with van der Waals surface area (Å²) in [5, 5.41) is 15.7. The Labute approximate surface area is 184 Å². The molecule has 158 valence electrons. The molecule has 8 heteroatoms. The highest BCUT2D eigenvalue weighted by molar-refractivity contribution is 6.04. The van der Waals surface area contributed by atoms with Gasteiger partial charge in [0.15, 0.2) is 11.5 Å². The van der Waals surface area contributed by atoms with Crippen molar-refractivity contribution in [1.29, 1.82) is 5.26 Å². The summed E-state index contributed by atoms with van der Waals surface area (Å²) in [5.74, 6) is 1.32. The monoisotopic (exact) mass is 425 g/mol. The molecule has 4 rings (SSSR count). The van der Waals surface area contributed by atoms with Gasteiger partial charge in [0.2, 0.25) is 5.95 Å². The van der Waals surface area contributed by atoms with E-state index >= 15 is 0 Å². The van der Waals surface area contributed by atoms with Crippen LogP contribution in [0.4, 0.5) is 17.3 Å². The Morgan fingerprint density at radius 2 is 1.69 bits per heavy atom. The molecule has 32 heavy (non-hydrogen) atoms. The highest BCUT2D eigenvalue weighted by Crippen LogP contribution is 2.31.